The minimum absolute atomic E-state index is 0.240. The van der Waals surface area contributed by atoms with E-state index >= 15 is 0 Å². The average molecular weight is 393 g/mol. The van der Waals surface area contributed by atoms with Crippen molar-refractivity contribution in [3.05, 3.63) is 0 Å². The van der Waals surface area contributed by atoms with E-state index in [0.717, 1.165) is 12.8 Å². The van der Waals surface area contributed by atoms with Gasteiger partial charge in [-0.25, -0.2) is 4.89 Å². The molecule has 0 aromatic heterocycles. The smallest absolute Gasteiger partial charge is 0.303 e. The van der Waals surface area contributed by atoms with Gasteiger partial charge in [-0.3, -0.25) is 10.1 Å². The highest BCUT2D eigenvalue weighted by Crippen LogP contribution is 2.13. The van der Waals surface area contributed by atoms with Crippen LogP contribution in [0.1, 0.15) is 110 Å². The molecule has 27 heavy (non-hydrogen) atoms. The Labute approximate surface area is 165 Å². The third-order valence-corrected chi connectivity index (χ3v) is 4.47. The van der Waals surface area contributed by atoms with E-state index in [-0.39, 0.29) is 13.2 Å². The highest BCUT2D eigenvalue weighted by atomic mass is 17.1. The molecule has 6 nitrogen and oxygen atoms in total. The summed E-state index contributed by atoms with van der Waals surface area (Å²) in [6, 6.07) is 0. The second-order valence-electron chi connectivity index (χ2n) is 7.23. The molecular weight excluding hydrogens is 348 g/mol. The number of unbranched alkanes of at least 4 members (excludes halogenated alkanes) is 14. The average Bonchev–Trinajstić information content (AvgIpc) is 2.65. The SMILES string of the molecule is CCCCCCCCCCCCCCCCCC(=O)O.OCC(O)COO. The van der Waals surface area contributed by atoms with E-state index in [9.17, 15) is 4.79 Å². The lowest BCUT2D eigenvalue weighted by molar-refractivity contribution is -0.258. The van der Waals surface area contributed by atoms with Gasteiger partial charge < -0.3 is 15.3 Å². The van der Waals surface area contributed by atoms with E-state index in [0.29, 0.717) is 6.42 Å². The van der Waals surface area contributed by atoms with Gasteiger partial charge in [0.2, 0.25) is 0 Å². The molecule has 0 aliphatic carbocycles. The first kappa shape index (κ1) is 28.5. The molecule has 0 rings (SSSR count). The first-order chi connectivity index (χ1) is 13.1. The van der Waals surface area contributed by atoms with Gasteiger partial charge >= 0.3 is 5.97 Å². The van der Waals surface area contributed by atoms with Gasteiger partial charge in [0.15, 0.2) is 0 Å². The number of hydrogen-bond acceptors (Lipinski definition) is 5. The number of rotatable bonds is 19. The van der Waals surface area contributed by atoms with Crippen molar-refractivity contribution in [2.45, 2.75) is 116 Å². The summed E-state index contributed by atoms with van der Waals surface area (Å²) < 4.78 is 0. The van der Waals surface area contributed by atoms with Gasteiger partial charge in [0.1, 0.15) is 12.7 Å². The molecule has 0 aliphatic rings. The Morgan fingerprint density at radius 2 is 1.15 bits per heavy atom. The molecule has 0 spiro atoms. The molecule has 0 fully saturated rings. The van der Waals surface area contributed by atoms with Gasteiger partial charge in [-0.2, -0.15) is 0 Å². The van der Waals surface area contributed by atoms with Crippen LogP contribution in [0.4, 0.5) is 0 Å². The Morgan fingerprint density at radius 1 is 0.778 bits per heavy atom. The van der Waals surface area contributed by atoms with Crippen LogP contribution < -0.4 is 0 Å². The Kier molecular flexibility index (Phi) is 26.7. The highest BCUT2D eigenvalue weighted by Gasteiger charge is 1.98. The van der Waals surface area contributed by atoms with Crippen LogP contribution in [0.15, 0.2) is 0 Å². The Hall–Kier alpha value is -0.690. The summed E-state index contributed by atoms with van der Waals surface area (Å²) in [5.74, 6) is -0.653. The van der Waals surface area contributed by atoms with E-state index in [4.69, 9.17) is 20.6 Å². The summed E-state index contributed by atoms with van der Waals surface area (Å²) in [4.78, 5) is 13.8. The Balaban J connectivity index is 0. The molecular formula is C21H44O6. The molecule has 0 saturated carbocycles. The summed E-state index contributed by atoms with van der Waals surface area (Å²) in [6.45, 7) is 1.64. The first-order valence-electron chi connectivity index (χ1n) is 10.9. The van der Waals surface area contributed by atoms with E-state index in [2.05, 4.69) is 11.8 Å². The molecule has 0 radical (unpaired) electrons. The summed E-state index contributed by atoms with van der Waals surface area (Å²) in [6.07, 6.45) is 19.2. The molecule has 1 atom stereocenters. The fraction of sp³-hybridized carbons (Fsp3) is 0.952. The molecule has 0 amide bonds. The zero-order valence-corrected chi connectivity index (χ0v) is 17.4. The van der Waals surface area contributed by atoms with Crippen LogP contribution in [0.5, 0.6) is 0 Å². The third-order valence-electron chi connectivity index (χ3n) is 4.47. The molecule has 0 aliphatic heterocycles. The highest BCUT2D eigenvalue weighted by molar-refractivity contribution is 5.66. The molecule has 0 bridgehead atoms. The van der Waals surface area contributed by atoms with Crippen molar-refractivity contribution < 1.29 is 30.3 Å². The topological polar surface area (TPSA) is 107 Å². The van der Waals surface area contributed by atoms with Crippen molar-refractivity contribution in [3.63, 3.8) is 0 Å². The number of carboxylic acids is 1. The van der Waals surface area contributed by atoms with Crippen LogP contribution >= 0.6 is 0 Å². The minimum atomic E-state index is -0.968. The van der Waals surface area contributed by atoms with Gasteiger partial charge in [-0.1, -0.05) is 96.8 Å². The Morgan fingerprint density at radius 3 is 1.41 bits per heavy atom. The molecule has 0 aromatic rings. The van der Waals surface area contributed by atoms with Gasteiger partial charge in [-0.05, 0) is 6.42 Å². The van der Waals surface area contributed by atoms with E-state index in [1.54, 1.807) is 0 Å². The number of aliphatic carboxylic acids is 1. The summed E-state index contributed by atoms with van der Waals surface area (Å²) in [5.41, 5.74) is 0. The maximum atomic E-state index is 10.3. The third kappa shape index (κ3) is 30.3. The number of hydrogen-bond donors (Lipinski definition) is 4. The second kappa shape index (κ2) is 25.3. The summed E-state index contributed by atoms with van der Waals surface area (Å²) in [5, 5.41) is 32.5. The van der Waals surface area contributed by atoms with Crippen LogP contribution in [0.25, 0.3) is 0 Å². The van der Waals surface area contributed by atoms with Gasteiger partial charge in [0.25, 0.3) is 0 Å². The number of aliphatic hydroxyl groups is 2. The minimum Gasteiger partial charge on any atom is -0.481 e. The van der Waals surface area contributed by atoms with E-state index in [1.807, 2.05) is 0 Å². The van der Waals surface area contributed by atoms with Crippen molar-refractivity contribution in [3.8, 4) is 0 Å². The summed E-state index contributed by atoms with van der Waals surface area (Å²) >= 11 is 0. The fourth-order valence-corrected chi connectivity index (χ4v) is 2.79. The van der Waals surface area contributed by atoms with E-state index < -0.39 is 12.1 Å². The summed E-state index contributed by atoms with van der Waals surface area (Å²) in [7, 11) is 0. The van der Waals surface area contributed by atoms with Gasteiger partial charge in [0, 0.05) is 6.42 Å². The lowest BCUT2D eigenvalue weighted by Crippen LogP contribution is -2.17. The van der Waals surface area contributed by atoms with Crippen molar-refractivity contribution in [2.75, 3.05) is 13.2 Å². The van der Waals surface area contributed by atoms with Gasteiger partial charge in [0.05, 0.1) is 6.61 Å². The number of carboxylic acid groups (broad SMARTS) is 1. The van der Waals surface area contributed by atoms with Crippen LogP contribution in [-0.2, 0) is 9.68 Å². The zero-order valence-electron chi connectivity index (χ0n) is 17.4. The number of aliphatic hydroxyl groups excluding tert-OH is 2. The molecule has 0 heterocycles. The molecule has 6 heteroatoms. The van der Waals surface area contributed by atoms with Crippen molar-refractivity contribution in [2.24, 2.45) is 0 Å². The predicted octanol–water partition coefficient (Wildman–Crippen LogP) is 5.16. The van der Waals surface area contributed by atoms with E-state index in [1.165, 1.54) is 83.5 Å². The maximum absolute atomic E-state index is 10.3. The van der Waals surface area contributed by atoms with Crippen LogP contribution in [0.3, 0.4) is 0 Å². The van der Waals surface area contributed by atoms with Crippen molar-refractivity contribution in [1.29, 1.82) is 0 Å². The maximum Gasteiger partial charge on any atom is 0.303 e. The fourth-order valence-electron chi connectivity index (χ4n) is 2.79. The van der Waals surface area contributed by atoms with Gasteiger partial charge in [-0.15, -0.1) is 0 Å². The van der Waals surface area contributed by atoms with Crippen LogP contribution in [0.2, 0.25) is 0 Å². The lowest BCUT2D eigenvalue weighted by Gasteiger charge is -2.03. The molecule has 0 saturated heterocycles. The van der Waals surface area contributed by atoms with Crippen LogP contribution in [-0.4, -0.2) is 45.9 Å². The predicted molar refractivity (Wildman–Crippen MR) is 109 cm³/mol. The normalized spacial score (nSPS) is 11.7. The molecule has 1 unspecified atom stereocenters. The van der Waals surface area contributed by atoms with Crippen molar-refractivity contribution in [1.82, 2.24) is 0 Å². The monoisotopic (exact) mass is 392 g/mol. The standard InChI is InChI=1S/C18H36O2.C3H8O4/c1-2-3-4-5-6-7-8-9-10-11-12-13-14-15-16-17-18(19)20;4-1-3(5)2-7-6/h2-17H2,1H3,(H,19,20);3-6H,1-2H2. The molecule has 4 N–H and O–H groups in total. The zero-order chi connectivity index (χ0) is 20.6. The quantitative estimate of drug-likeness (QED) is 0.137. The van der Waals surface area contributed by atoms with Crippen molar-refractivity contribution >= 4 is 5.97 Å². The lowest BCUT2D eigenvalue weighted by atomic mass is 10.0. The second-order valence-corrected chi connectivity index (χ2v) is 7.23. The largest absolute Gasteiger partial charge is 0.481 e. The Bertz CT molecular complexity index is 286. The molecule has 164 valence electrons. The first-order valence-corrected chi connectivity index (χ1v) is 10.9. The molecule has 0 aromatic carbocycles. The van der Waals surface area contributed by atoms with Crippen LogP contribution in [0, 0.1) is 0 Å². The number of carbonyl (C=O) groups is 1.